The average molecular weight is 433 g/mol. The lowest BCUT2D eigenvalue weighted by molar-refractivity contribution is -0.119. The van der Waals surface area contributed by atoms with Gasteiger partial charge in [0.15, 0.2) is 12.3 Å². The maximum atomic E-state index is 12.2. The van der Waals surface area contributed by atoms with Gasteiger partial charge in [0.25, 0.3) is 5.91 Å². The Morgan fingerprint density at radius 3 is 2.46 bits per heavy atom. The van der Waals surface area contributed by atoms with Gasteiger partial charge in [0, 0.05) is 9.79 Å². The van der Waals surface area contributed by atoms with E-state index in [1.165, 1.54) is 23.9 Å². The molecule has 0 fully saturated rings. The summed E-state index contributed by atoms with van der Waals surface area (Å²) < 4.78 is 4.99. The van der Waals surface area contributed by atoms with Crippen LogP contribution in [0.15, 0.2) is 76.5 Å². The summed E-state index contributed by atoms with van der Waals surface area (Å²) in [7, 11) is 0. The molecule has 1 N–H and O–H groups in total. The number of para-hydroxylation sites is 1. The third kappa shape index (κ3) is 5.48. The zero-order chi connectivity index (χ0) is 19.9. The summed E-state index contributed by atoms with van der Waals surface area (Å²) >= 11 is 13.2. The number of esters is 1. The van der Waals surface area contributed by atoms with E-state index in [9.17, 15) is 9.59 Å². The standard InChI is InChI=1S/C20H14Cl2N2O3S/c21-14-10-11-17(22)24-19(14)20(26)27-12-18(25)23-15-8-4-5-9-16(15)28-13-6-2-1-3-7-13/h1-11H,12H2,(H,23,25). The average Bonchev–Trinajstić information content (AvgIpc) is 2.70. The first-order valence-electron chi connectivity index (χ1n) is 8.14. The summed E-state index contributed by atoms with van der Waals surface area (Å²) in [5.41, 5.74) is 0.485. The van der Waals surface area contributed by atoms with Gasteiger partial charge in [-0.15, -0.1) is 0 Å². The molecule has 0 atom stereocenters. The lowest BCUT2D eigenvalue weighted by Gasteiger charge is -2.11. The second-order valence-electron chi connectivity index (χ2n) is 5.50. The van der Waals surface area contributed by atoms with Crippen molar-refractivity contribution >= 4 is 52.5 Å². The van der Waals surface area contributed by atoms with E-state index in [1.54, 1.807) is 6.07 Å². The molecule has 142 valence electrons. The number of halogens is 2. The number of nitrogens with one attached hydrogen (secondary N) is 1. The van der Waals surface area contributed by atoms with Gasteiger partial charge in [-0.25, -0.2) is 9.78 Å². The normalized spacial score (nSPS) is 10.4. The molecule has 3 rings (SSSR count). The van der Waals surface area contributed by atoms with Crippen molar-refractivity contribution in [2.75, 3.05) is 11.9 Å². The fourth-order valence-corrected chi connectivity index (χ4v) is 3.47. The number of nitrogens with zero attached hydrogens (tertiary/aromatic N) is 1. The van der Waals surface area contributed by atoms with Crippen molar-refractivity contribution in [2.24, 2.45) is 0 Å². The van der Waals surface area contributed by atoms with E-state index in [0.29, 0.717) is 5.69 Å². The van der Waals surface area contributed by atoms with Gasteiger partial charge >= 0.3 is 5.97 Å². The minimum atomic E-state index is -0.824. The quantitative estimate of drug-likeness (QED) is 0.420. The van der Waals surface area contributed by atoms with Crippen LogP contribution in [0, 0.1) is 0 Å². The molecular weight excluding hydrogens is 419 g/mol. The Morgan fingerprint density at radius 1 is 0.964 bits per heavy atom. The van der Waals surface area contributed by atoms with Gasteiger partial charge in [-0.05, 0) is 36.4 Å². The Kier molecular flexibility index (Phi) is 6.92. The molecule has 0 bridgehead atoms. The minimum absolute atomic E-state index is 0.0967. The maximum absolute atomic E-state index is 12.2. The number of carbonyl (C=O) groups is 2. The van der Waals surface area contributed by atoms with E-state index in [2.05, 4.69) is 10.3 Å². The number of anilines is 1. The van der Waals surface area contributed by atoms with Gasteiger partial charge < -0.3 is 10.1 Å². The summed E-state index contributed by atoms with van der Waals surface area (Å²) in [6.07, 6.45) is 0. The van der Waals surface area contributed by atoms with E-state index in [1.807, 2.05) is 48.5 Å². The van der Waals surface area contributed by atoms with E-state index in [0.717, 1.165) is 9.79 Å². The molecule has 0 radical (unpaired) electrons. The van der Waals surface area contributed by atoms with Crippen LogP contribution in [0.5, 0.6) is 0 Å². The van der Waals surface area contributed by atoms with E-state index in [-0.39, 0.29) is 15.9 Å². The molecule has 0 saturated heterocycles. The molecule has 0 unspecified atom stereocenters. The zero-order valence-electron chi connectivity index (χ0n) is 14.4. The van der Waals surface area contributed by atoms with Crippen LogP contribution < -0.4 is 5.32 Å². The number of ether oxygens (including phenoxy) is 1. The number of carbonyl (C=O) groups excluding carboxylic acids is 2. The molecule has 3 aromatic rings. The fraction of sp³-hybridized carbons (Fsp3) is 0.0500. The lowest BCUT2D eigenvalue weighted by atomic mass is 10.3. The Morgan fingerprint density at radius 2 is 1.68 bits per heavy atom. The van der Waals surface area contributed by atoms with Gasteiger partial charge in [-0.1, -0.05) is 65.3 Å². The molecular formula is C20H14Cl2N2O3S. The summed E-state index contributed by atoms with van der Waals surface area (Å²) in [4.78, 5) is 30.0. The molecule has 8 heteroatoms. The van der Waals surface area contributed by atoms with Crippen LogP contribution in [0.4, 0.5) is 5.69 Å². The van der Waals surface area contributed by atoms with Crippen LogP contribution in [0.25, 0.3) is 0 Å². The van der Waals surface area contributed by atoms with Crippen LogP contribution >= 0.6 is 35.0 Å². The Hall–Kier alpha value is -2.54. The second kappa shape index (κ2) is 9.59. The molecule has 1 amide bonds. The molecule has 5 nitrogen and oxygen atoms in total. The molecule has 0 aliphatic heterocycles. The monoisotopic (exact) mass is 432 g/mol. The van der Waals surface area contributed by atoms with Gasteiger partial charge in [0.05, 0.1) is 10.7 Å². The number of hydrogen-bond donors (Lipinski definition) is 1. The first-order chi connectivity index (χ1) is 13.5. The highest BCUT2D eigenvalue weighted by Crippen LogP contribution is 2.33. The molecule has 0 spiro atoms. The third-order valence-electron chi connectivity index (χ3n) is 3.47. The smallest absolute Gasteiger partial charge is 0.359 e. The minimum Gasteiger partial charge on any atom is -0.451 e. The Balaban J connectivity index is 1.62. The predicted molar refractivity (Wildman–Crippen MR) is 110 cm³/mol. The molecule has 28 heavy (non-hydrogen) atoms. The largest absolute Gasteiger partial charge is 0.451 e. The third-order valence-corrected chi connectivity index (χ3v) is 5.07. The molecule has 0 aliphatic carbocycles. The van der Waals surface area contributed by atoms with Crippen molar-refractivity contribution in [3.05, 3.63) is 82.6 Å². The van der Waals surface area contributed by atoms with Crippen molar-refractivity contribution in [3.63, 3.8) is 0 Å². The number of aromatic nitrogens is 1. The highest BCUT2D eigenvalue weighted by Gasteiger charge is 2.17. The van der Waals surface area contributed by atoms with E-state index in [4.69, 9.17) is 27.9 Å². The lowest BCUT2D eigenvalue weighted by Crippen LogP contribution is -2.21. The zero-order valence-corrected chi connectivity index (χ0v) is 16.7. The maximum Gasteiger partial charge on any atom is 0.359 e. The SMILES string of the molecule is O=C(COC(=O)c1nc(Cl)ccc1Cl)Nc1ccccc1Sc1ccccc1. The highest BCUT2D eigenvalue weighted by atomic mass is 35.5. The summed E-state index contributed by atoms with van der Waals surface area (Å²) in [6, 6.07) is 20.0. The Labute approximate surface area is 176 Å². The number of pyridine rings is 1. The molecule has 1 heterocycles. The van der Waals surface area contributed by atoms with Crippen molar-refractivity contribution in [3.8, 4) is 0 Å². The van der Waals surface area contributed by atoms with E-state index >= 15 is 0 Å². The summed E-state index contributed by atoms with van der Waals surface area (Å²) in [6.45, 7) is -0.478. The van der Waals surface area contributed by atoms with Crippen molar-refractivity contribution in [1.82, 2.24) is 4.98 Å². The van der Waals surface area contributed by atoms with Crippen LogP contribution in [0.1, 0.15) is 10.5 Å². The van der Waals surface area contributed by atoms with Gasteiger partial charge in [-0.3, -0.25) is 4.79 Å². The molecule has 0 aliphatic rings. The van der Waals surface area contributed by atoms with Crippen molar-refractivity contribution in [2.45, 2.75) is 9.79 Å². The highest BCUT2D eigenvalue weighted by molar-refractivity contribution is 7.99. The topological polar surface area (TPSA) is 68.3 Å². The first kappa shape index (κ1) is 20.2. The van der Waals surface area contributed by atoms with Crippen LogP contribution in [-0.4, -0.2) is 23.5 Å². The number of rotatable bonds is 6. The van der Waals surface area contributed by atoms with Crippen molar-refractivity contribution in [1.29, 1.82) is 0 Å². The van der Waals surface area contributed by atoms with Crippen molar-refractivity contribution < 1.29 is 14.3 Å². The van der Waals surface area contributed by atoms with Gasteiger partial charge in [-0.2, -0.15) is 0 Å². The number of amides is 1. The van der Waals surface area contributed by atoms with Crippen LogP contribution in [0.2, 0.25) is 10.2 Å². The second-order valence-corrected chi connectivity index (χ2v) is 7.41. The summed E-state index contributed by atoms with van der Waals surface area (Å²) in [5, 5.41) is 2.95. The molecule has 2 aromatic carbocycles. The summed E-state index contributed by atoms with van der Waals surface area (Å²) in [5.74, 6) is -1.30. The predicted octanol–water partition coefficient (Wildman–Crippen LogP) is 5.34. The molecule has 0 saturated carbocycles. The Bertz CT molecular complexity index is 1000. The molecule has 1 aromatic heterocycles. The van der Waals surface area contributed by atoms with Gasteiger partial charge in [0.1, 0.15) is 5.15 Å². The van der Waals surface area contributed by atoms with Crippen LogP contribution in [0.3, 0.4) is 0 Å². The number of benzene rings is 2. The fourth-order valence-electron chi connectivity index (χ4n) is 2.22. The van der Waals surface area contributed by atoms with Crippen LogP contribution in [-0.2, 0) is 9.53 Å². The van der Waals surface area contributed by atoms with E-state index < -0.39 is 18.5 Å². The van der Waals surface area contributed by atoms with Gasteiger partial charge in [0.2, 0.25) is 0 Å². The first-order valence-corrected chi connectivity index (χ1v) is 9.71. The number of hydrogen-bond acceptors (Lipinski definition) is 5.